The lowest BCUT2D eigenvalue weighted by atomic mass is 9.82. The molecule has 0 unspecified atom stereocenters. The van der Waals surface area contributed by atoms with E-state index in [0.29, 0.717) is 34.4 Å². The molecule has 0 bridgehead atoms. The molecule has 0 saturated carbocycles. The van der Waals surface area contributed by atoms with Crippen molar-refractivity contribution in [3.8, 4) is 28.5 Å². The molecule has 0 saturated heterocycles. The number of aromatic hydroxyl groups is 1. The van der Waals surface area contributed by atoms with E-state index >= 15 is 0 Å². The van der Waals surface area contributed by atoms with Crippen molar-refractivity contribution in [2.24, 2.45) is 0 Å². The lowest BCUT2D eigenvalue weighted by Gasteiger charge is -2.41. The highest BCUT2D eigenvalue weighted by Crippen LogP contribution is 2.34. The lowest BCUT2D eigenvalue weighted by Crippen LogP contribution is -2.53. The van der Waals surface area contributed by atoms with E-state index in [4.69, 9.17) is 9.40 Å². The second kappa shape index (κ2) is 7.00. The first-order valence-electron chi connectivity index (χ1n) is 10.6. The van der Waals surface area contributed by atoms with Crippen LogP contribution in [0.25, 0.3) is 34.1 Å². The normalized spacial score (nSPS) is 17.5. The number of oxazole rings is 1. The molecule has 164 valence electrons. The molecule has 1 aliphatic heterocycles. The highest BCUT2D eigenvalue weighted by Gasteiger charge is 2.33. The van der Waals surface area contributed by atoms with Gasteiger partial charge in [-0.25, -0.2) is 19.9 Å². The van der Waals surface area contributed by atoms with Gasteiger partial charge in [0.2, 0.25) is 5.78 Å². The van der Waals surface area contributed by atoms with Crippen molar-refractivity contribution < 1.29 is 9.52 Å². The number of pyridine rings is 1. The van der Waals surface area contributed by atoms with Crippen LogP contribution in [-0.4, -0.2) is 40.5 Å². The number of aryl methyl sites for hydroxylation is 1. The zero-order valence-electron chi connectivity index (χ0n) is 18.8. The topological polar surface area (TPSA) is 101 Å². The van der Waals surface area contributed by atoms with Gasteiger partial charge in [0.15, 0.2) is 11.7 Å². The zero-order chi connectivity index (χ0) is 22.7. The smallest absolute Gasteiger partial charge is 0.234 e. The number of nitrogens with zero attached hydrogens (tertiary/aromatic N) is 5. The Kier molecular flexibility index (Phi) is 4.46. The summed E-state index contributed by atoms with van der Waals surface area (Å²) in [6, 6.07) is 3.61. The Morgan fingerprint density at radius 3 is 2.56 bits per heavy atom. The van der Waals surface area contributed by atoms with Crippen LogP contribution in [0.15, 0.2) is 47.4 Å². The Labute approximate surface area is 186 Å². The van der Waals surface area contributed by atoms with Gasteiger partial charge in [0.1, 0.15) is 17.1 Å². The summed E-state index contributed by atoms with van der Waals surface area (Å²) in [5.41, 5.74) is 3.54. The van der Waals surface area contributed by atoms with Gasteiger partial charge in [0.05, 0.1) is 11.9 Å². The van der Waals surface area contributed by atoms with Crippen molar-refractivity contribution in [1.82, 2.24) is 29.7 Å². The molecule has 32 heavy (non-hydrogen) atoms. The highest BCUT2D eigenvalue weighted by atomic mass is 16.4. The fraction of sp³-hybridized carbons (Fsp3) is 0.333. The number of rotatable bonds is 3. The van der Waals surface area contributed by atoms with Crippen LogP contribution in [0.4, 0.5) is 0 Å². The number of hydrogen-bond acceptors (Lipinski definition) is 7. The van der Waals surface area contributed by atoms with Crippen LogP contribution >= 0.6 is 0 Å². The average Bonchev–Trinajstić information content (AvgIpc) is 3.30. The number of nitrogens with one attached hydrogen (secondary N) is 1. The summed E-state index contributed by atoms with van der Waals surface area (Å²) in [4.78, 5) is 17.9. The van der Waals surface area contributed by atoms with Gasteiger partial charge in [-0.05, 0) is 51.8 Å². The van der Waals surface area contributed by atoms with E-state index in [2.05, 4.69) is 54.0 Å². The summed E-state index contributed by atoms with van der Waals surface area (Å²) in [5.74, 6) is 1.69. The molecular weight excluding hydrogens is 404 g/mol. The summed E-state index contributed by atoms with van der Waals surface area (Å²) in [7, 11) is 0. The maximum atomic E-state index is 10.6. The van der Waals surface area contributed by atoms with Crippen molar-refractivity contribution in [3.63, 3.8) is 0 Å². The molecule has 5 heterocycles. The standard InChI is InChI=1S/C24H26N6O2/c1-14-25-12-20(32-14)15-8-19(31)21(26-11-15)18-13-30-7-6-17(27-22(30)28-18)16-9-23(2,3)29-24(4,5)10-16/h6-9,11-13,29,31H,10H2,1-5H3. The molecule has 0 aliphatic carbocycles. The van der Waals surface area contributed by atoms with Crippen LogP contribution in [0.2, 0.25) is 0 Å². The fourth-order valence-corrected chi connectivity index (χ4v) is 4.52. The molecule has 0 amide bonds. The van der Waals surface area contributed by atoms with Gasteiger partial charge in [0.25, 0.3) is 0 Å². The minimum absolute atomic E-state index is 0.0183. The molecule has 1 aliphatic rings. The summed E-state index contributed by atoms with van der Waals surface area (Å²) < 4.78 is 7.36. The largest absolute Gasteiger partial charge is 0.506 e. The third-order valence-electron chi connectivity index (χ3n) is 5.50. The Morgan fingerprint density at radius 1 is 1.09 bits per heavy atom. The van der Waals surface area contributed by atoms with Crippen LogP contribution in [0, 0.1) is 6.92 Å². The molecule has 5 rings (SSSR count). The third-order valence-corrected chi connectivity index (χ3v) is 5.50. The Hall–Kier alpha value is -3.52. The second-order valence-electron chi connectivity index (χ2n) is 9.56. The average molecular weight is 431 g/mol. The quantitative estimate of drug-likeness (QED) is 0.497. The van der Waals surface area contributed by atoms with E-state index in [0.717, 1.165) is 12.1 Å². The lowest BCUT2D eigenvalue weighted by molar-refractivity contribution is 0.297. The molecule has 8 heteroatoms. The van der Waals surface area contributed by atoms with Crippen LogP contribution in [-0.2, 0) is 0 Å². The SMILES string of the molecule is Cc1ncc(-c2cnc(-c3cn4ccc(C5=CC(C)(C)NC(C)(C)C5)nc4n3)c(O)c2)o1. The second-order valence-corrected chi connectivity index (χ2v) is 9.56. The molecular formula is C24H26N6O2. The predicted molar refractivity (Wildman–Crippen MR) is 122 cm³/mol. The van der Waals surface area contributed by atoms with Crippen LogP contribution in [0.1, 0.15) is 45.7 Å². The molecule has 0 atom stereocenters. The first-order chi connectivity index (χ1) is 15.1. The molecule has 4 aromatic rings. The maximum Gasteiger partial charge on any atom is 0.234 e. The highest BCUT2D eigenvalue weighted by molar-refractivity contribution is 5.70. The van der Waals surface area contributed by atoms with Gasteiger partial charge in [-0.2, -0.15) is 0 Å². The number of imidazole rings is 1. The number of aromatic nitrogens is 5. The van der Waals surface area contributed by atoms with Crippen molar-refractivity contribution in [1.29, 1.82) is 0 Å². The van der Waals surface area contributed by atoms with Gasteiger partial charge < -0.3 is 14.8 Å². The molecule has 8 nitrogen and oxygen atoms in total. The summed E-state index contributed by atoms with van der Waals surface area (Å²) in [6.45, 7) is 10.5. The van der Waals surface area contributed by atoms with E-state index in [-0.39, 0.29) is 16.8 Å². The van der Waals surface area contributed by atoms with Crippen LogP contribution in [0.3, 0.4) is 0 Å². The van der Waals surface area contributed by atoms with Gasteiger partial charge in [0, 0.05) is 42.2 Å². The van der Waals surface area contributed by atoms with Crippen molar-refractivity contribution in [3.05, 3.63) is 54.6 Å². The third kappa shape index (κ3) is 3.78. The minimum atomic E-state index is -0.120. The van der Waals surface area contributed by atoms with Crippen molar-refractivity contribution in [2.75, 3.05) is 0 Å². The van der Waals surface area contributed by atoms with Gasteiger partial charge in [-0.3, -0.25) is 4.40 Å². The van der Waals surface area contributed by atoms with E-state index in [1.165, 1.54) is 5.57 Å². The van der Waals surface area contributed by atoms with Crippen LogP contribution < -0.4 is 5.32 Å². The predicted octanol–water partition coefficient (Wildman–Crippen LogP) is 4.39. The monoisotopic (exact) mass is 430 g/mol. The maximum absolute atomic E-state index is 10.6. The molecule has 0 aromatic carbocycles. The molecule has 4 aromatic heterocycles. The molecule has 0 spiro atoms. The first kappa shape index (κ1) is 20.4. The van der Waals surface area contributed by atoms with E-state index in [1.807, 2.05) is 22.9 Å². The fourth-order valence-electron chi connectivity index (χ4n) is 4.52. The van der Waals surface area contributed by atoms with E-state index in [1.54, 1.807) is 25.4 Å². The Bertz CT molecular complexity index is 1360. The van der Waals surface area contributed by atoms with Crippen LogP contribution in [0.5, 0.6) is 5.75 Å². The summed E-state index contributed by atoms with van der Waals surface area (Å²) >= 11 is 0. The number of fused-ring (bicyclic) bond motifs is 1. The van der Waals surface area contributed by atoms with Crippen molar-refractivity contribution >= 4 is 11.4 Å². The summed E-state index contributed by atoms with van der Waals surface area (Å²) in [5, 5.41) is 14.2. The summed E-state index contributed by atoms with van der Waals surface area (Å²) in [6.07, 6.45) is 10.1. The minimum Gasteiger partial charge on any atom is -0.506 e. The first-order valence-corrected chi connectivity index (χ1v) is 10.6. The van der Waals surface area contributed by atoms with Gasteiger partial charge in [-0.1, -0.05) is 6.08 Å². The molecule has 0 radical (unpaired) electrons. The van der Waals surface area contributed by atoms with Gasteiger partial charge >= 0.3 is 0 Å². The zero-order valence-corrected chi connectivity index (χ0v) is 18.8. The van der Waals surface area contributed by atoms with E-state index in [9.17, 15) is 5.11 Å². The molecule has 0 fully saturated rings. The Balaban J connectivity index is 1.50. The van der Waals surface area contributed by atoms with Gasteiger partial charge in [-0.15, -0.1) is 0 Å². The van der Waals surface area contributed by atoms with Crippen molar-refractivity contribution in [2.45, 2.75) is 52.1 Å². The van der Waals surface area contributed by atoms with E-state index < -0.39 is 0 Å². The number of hydrogen-bond donors (Lipinski definition) is 2. The Morgan fingerprint density at radius 2 is 1.88 bits per heavy atom. The molecule has 2 N–H and O–H groups in total.